The van der Waals surface area contributed by atoms with Crippen LogP contribution in [-0.4, -0.2) is 18.5 Å². The number of hydrogen-bond acceptors (Lipinski definition) is 4. The van der Waals surface area contributed by atoms with Gasteiger partial charge >= 0.3 is 0 Å². The minimum Gasteiger partial charge on any atom is -0.467 e. The minimum atomic E-state index is 0.284. The van der Waals surface area contributed by atoms with Crippen LogP contribution < -0.4 is 10.5 Å². The maximum Gasteiger partial charge on any atom is 0.189 e. The number of thioether (sulfide) groups is 1. The van der Waals surface area contributed by atoms with Crippen molar-refractivity contribution in [2.45, 2.75) is 32.1 Å². The number of unbranched alkanes of at least 4 members (excludes halogenated alkanes) is 1. The first-order chi connectivity index (χ1) is 9.70. The molecule has 110 valence electrons. The van der Waals surface area contributed by atoms with Gasteiger partial charge in [0.25, 0.3) is 0 Å². The van der Waals surface area contributed by atoms with Crippen molar-refractivity contribution in [1.82, 2.24) is 0 Å². The Bertz CT molecular complexity index is 494. The maximum absolute atomic E-state index is 6.12. The average Bonchev–Trinajstić information content (AvgIpc) is 2.45. The van der Waals surface area contributed by atoms with Gasteiger partial charge in [-0.3, -0.25) is 4.99 Å². The first-order valence-corrected chi connectivity index (χ1v) is 8.01. The predicted molar refractivity (Wildman–Crippen MR) is 84.4 cm³/mol. The molecule has 4 nitrogen and oxygen atoms in total. The van der Waals surface area contributed by atoms with Crippen LogP contribution >= 0.6 is 23.4 Å². The van der Waals surface area contributed by atoms with E-state index in [0.29, 0.717) is 22.6 Å². The Morgan fingerprint density at radius 3 is 3.15 bits per heavy atom. The van der Waals surface area contributed by atoms with Crippen LogP contribution in [0.3, 0.4) is 0 Å². The highest BCUT2D eigenvalue weighted by atomic mass is 35.5. The van der Waals surface area contributed by atoms with E-state index in [0.717, 1.165) is 36.3 Å². The lowest BCUT2D eigenvalue weighted by atomic mass is 10.1. The van der Waals surface area contributed by atoms with Crippen LogP contribution in [0.25, 0.3) is 0 Å². The monoisotopic (exact) mass is 314 g/mol. The fourth-order valence-corrected chi connectivity index (χ4v) is 2.87. The number of nitrogens with zero attached hydrogens (tertiary/aromatic N) is 1. The number of ether oxygens (including phenoxy) is 2. The van der Waals surface area contributed by atoms with Crippen molar-refractivity contribution in [2.75, 3.05) is 13.3 Å². The molecule has 2 N–H and O–H groups in total. The second kappa shape index (κ2) is 7.76. The Balaban J connectivity index is 2.02. The summed E-state index contributed by atoms with van der Waals surface area (Å²) in [7, 11) is 0. The second-order valence-electron chi connectivity index (χ2n) is 4.53. The van der Waals surface area contributed by atoms with Crippen LogP contribution in [0, 0.1) is 0 Å². The largest absolute Gasteiger partial charge is 0.467 e. The second-order valence-corrected chi connectivity index (χ2v) is 5.96. The van der Waals surface area contributed by atoms with E-state index in [1.807, 2.05) is 12.1 Å². The third-order valence-electron chi connectivity index (χ3n) is 2.91. The zero-order valence-corrected chi connectivity index (χ0v) is 13.1. The number of hydrogen-bond donors (Lipinski definition) is 1. The summed E-state index contributed by atoms with van der Waals surface area (Å²) in [5.74, 6) is 1.57. The van der Waals surface area contributed by atoms with Crippen LogP contribution in [0.1, 0.15) is 30.9 Å². The third-order valence-corrected chi connectivity index (χ3v) is 4.00. The lowest BCUT2D eigenvalue weighted by Crippen LogP contribution is -2.13. The summed E-state index contributed by atoms with van der Waals surface area (Å²) in [6.07, 6.45) is 2.19. The summed E-state index contributed by atoms with van der Waals surface area (Å²) in [5, 5.41) is 1.30. The molecule has 1 aliphatic heterocycles. The molecule has 0 saturated heterocycles. The number of benzene rings is 1. The van der Waals surface area contributed by atoms with Crippen LogP contribution in [-0.2, 0) is 17.1 Å². The Morgan fingerprint density at radius 2 is 2.35 bits per heavy atom. The molecule has 0 atom stereocenters. The number of halogens is 1. The molecule has 1 aromatic rings. The molecule has 0 spiro atoms. The Morgan fingerprint density at radius 1 is 1.50 bits per heavy atom. The lowest BCUT2D eigenvalue weighted by Gasteiger charge is -2.21. The Labute approximate surface area is 128 Å². The molecule has 20 heavy (non-hydrogen) atoms. The Hall–Kier alpha value is -0.910. The van der Waals surface area contributed by atoms with Crippen molar-refractivity contribution >= 4 is 28.5 Å². The fraction of sp³-hybridized carbons (Fsp3) is 0.500. The first-order valence-electron chi connectivity index (χ1n) is 6.65. The molecule has 0 aromatic heterocycles. The summed E-state index contributed by atoms with van der Waals surface area (Å²) in [4.78, 5) is 4.32. The van der Waals surface area contributed by atoms with Crippen LogP contribution in [0.5, 0.6) is 5.75 Å². The summed E-state index contributed by atoms with van der Waals surface area (Å²) >= 11 is 7.63. The van der Waals surface area contributed by atoms with Crippen molar-refractivity contribution in [2.24, 2.45) is 10.7 Å². The third kappa shape index (κ3) is 4.30. The molecule has 0 radical (unpaired) electrons. The molecule has 1 aliphatic rings. The van der Waals surface area contributed by atoms with Crippen LogP contribution in [0.4, 0.5) is 0 Å². The van der Waals surface area contributed by atoms with Gasteiger partial charge in [-0.2, -0.15) is 0 Å². The average molecular weight is 315 g/mol. The van der Waals surface area contributed by atoms with E-state index in [2.05, 4.69) is 11.9 Å². The normalized spacial score (nSPS) is 14.8. The van der Waals surface area contributed by atoms with Gasteiger partial charge in [-0.25, -0.2) is 0 Å². The number of aliphatic imine (C=N–C) groups is 1. The van der Waals surface area contributed by atoms with Crippen LogP contribution in [0.2, 0.25) is 5.02 Å². The van der Waals surface area contributed by atoms with Gasteiger partial charge in [0.1, 0.15) is 5.75 Å². The molecule has 0 saturated carbocycles. The van der Waals surface area contributed by atoms with Gasteiger partial charge in [0.15, 0.2) is 12.0 Å². The standard InChI is InChI=1S/C14H19ClN2O2S/c1-2-3-4-17-14(16)20-8-11-6-12(15)5-10-7-18-9-19-13(10)11/h5-6H,2-4,7-9H2,1H3,(H2,16,17). The Kier molecular flexibility index (Phi) is 6.01. The molecule has 0 unspecified atom stereocenters. The van der Waals surface area contributed by atoms with E-state index in [9.17, 15) is 0 Å². The molecule has 0 amide bonds. The fourth-order valence-electron chi connectivity index (χ4n) is 1.91. The van der Waals surface area contributed by atoms with E-state index in [1.54, 1.807) is 0 Å². The number of amidine groups is 1. The lowest BCUT2D eigenvalue weighted by molar-refractivity contribution is -0.0168. The van der Waals surface area contributed by atoms with E-state index >= 15 is 0 Å². The predicted octanol–water partition coefficient (Wildman–Crippen LogP) is 3.55. The van der Waals surface area contributed by atoms with E-state index in [4.69, 9.17) is 26.8 Å². The summed E-state index contributed by atoms with van der Waals surface area (Å²) in [6, 6.07) is 3.79. The van der Waals surface area contributed by atoms with Crippen molar-refractivity contribution in [3.8, 4) is 5.75 Å². The SMILES string of the molecule is CCCCN=C(N)SCc1cc(Cl)cc2c1OCOC2. The van der Waals surface area contributed by atoms with Gasteiger partial charge in [-0.15, -0.1) is 0 Å². The topological polar surface area (TPSA) is 56.8 Å². The highest BCUT2D eigenvalue weighted by molar-refractivity contribution is 8.13. The van der Waals surface area contributed by atoms with Crippen LogP contribution in [0.15, 0.2) is 17.1 Å². The highest BCUT2D eigenvalue weighted by Crippen LogP contribution is 2.33. The molecule has 0 fully saturated rings. The molecule has 1 aromatic carbocycles. The smallest absolute Gasteiger partial charge is 0.189 e. The zero-order chi connectivity index (χ0) is 14.4. The maximum atomic E-state index is 6.12. The van der Waals surface area contributed by atoms with Gasteiger partial charge in [0, 0.05) is 28.4 Å². The summed E-state index contributed by atoms with van der Waals surface area (Å²) in [5.41, 5.74) is 7.91. The zero-order valence-electron chi connectivity index (χ0n) is 11.5. The van der Waals surface area contributed by atoms with Gasteiger partial charge in [0.2, 0.25) is 0 Å². The number of fused-ring (bicyclic) bond motifs is 1. The quantitative estimate of drug-likeness (QED) is 0.513. The highest BCUT2D eigenvalue weighted by Gasteiger charge is 2.16. The number of rotatable bonds is 5. The van der Waals surface area contributed by atoms with Crippen molar-refractivity contribution in [3.63, 3.8) is 0 Å². The summed E-state index contributed by atoms with van der Waals surface area (Å²) < 4.78 is 10.8. The molecular formula is C14H19ClN2O2S. The minimum absolute atomic E-state index is 0.284. The number of nitrogens with two attached hydrogens (primary N) is 1. The summed E-state index contributed by atoms with van der Waals surface area (Å²) in [6.45, 7) is 3.74. The van der Waals surface area contributed by atoms with Gasteiger partial charge in [-0.05, 0) is 18.6 Å². The molecule has 6 heteroatoms. The molecule has 1 heterocycles. The first kappa shape index (κ1) is 15.5. The van der Waals surface area contributed by atoms with Gasteiger partial charge in [-0.1, -0.05) is 36.7 Å². The van der Waals surface area contributed by atoms with Crippen molar-refractivity contribution < 1.29 is 9.47 Å². The van der Waals surface area contributed by atoms with E-state index < -0.39 is 0 Å². The molecule has 0 aliphatic carbocycles. The van der Waals surface area contributed by atoms with Crippen molar-refractivity contribution in [1.29, 1.82) is 0 Å². The molecular weight excluding hydrogens is 296 g/mol. The van der Waals surface area contributed by atoms with Crippen molar-refractivity contribution in [3.05, 3.63) is 28.3 Å². The van der Waals surface area contributed by atoms with E-state index in [-0.39, 0.29) is 6.79 Å². The van der Waals surface area contributed by atoms with Gasteiger partial charge in [0.05, 0.1) is 6.61 Å². The van der Waals surface area contributed by atoms with Gasteiger partial charge < -0.3 is 15.2 Å². The van der Waals surface area contributed by atoms with E-state index in [1.165, 1.54) is 11.8 Å². The molecule has 2 rings (SSSR count). The molecule has 0 bridgehead atoms.